The molecule has 1 aliphatic heterocycles. The first-order valence-electron chi connectivity index (χ1n) is 5.48. The molecule has 1 nitrogen and oxygen atoms in total. The third kappa shape index (κ3) is 1.69. The number of aryl methyl sites for hydroxylation is 1. The van der Waals surface area contributed by atoms with Crippen LogP contribution < -0.4 is 0 Å². The molecule has 1 aromatic rings. The maximum absolute atomic E-state index is 2.52. The second kappa shape index (κ2) is 3.74. The molecule has 0 aromatic heterocycles. The normalized spacial score (nSPS) is 18.6. The van der Waals surface area contributed by atoms with Crippen molar-refractivity contribution in [3.8, 4) is 0 Å². The molecule has 0 N–H and O–H groups in total. The molecule has 14 heavy (non-hydrogen) atoms. The molecule has 0 atom stereocenters. The van der Waals surface area contributed by atoms with E-state index in [0.717, 1.165) is 5.92 Å². The molecule has 2 rings (SSSR count). The Morgan fingerprint density at radius 3 is 2.43 bits per heavy atom. The van der Waals surface area contributed by atoms with Crippen molar-refractivity contribution in [2.45, 2.75) is 32.7 Å². The Labute approximate surface area is 86.7 Å². The van der Waals surface area contributed by atoms with Gasteiger partial charge in [-0.25, -0.2) is 0 Å². The first-order chi connectivity index (χ1) is 6.68. The van der Waals surface area contributed by atoms with Gasteiger partial charge in [-0.2, -0.15) is 0 Å². The summed E-state index contributed by atoms with van der Waals surface area (Å²) < 4.78 is 0. The van der Waals surface area contributed by atoms with Crippen molar-refractivity contribution in [1.29, 1.82) is 0 Å². The molecule has 0 aliphatic carbocycles. The first-order valence-corrected chi connectivity index (χ1v) is 5.48. The van der Waals surface area contributed by atoms with Crippen molar-refractivity contribution in [1.82, 2.24) is 4.90 Å². The first kappa shape index (κ1) is 9.72. The number of likely N-dealkylation sites (tertiary alicyclic amines) is 1. The number of hydrogen-bond acceptors (Lipinski definition) is 1. The Morgan fingerprint density at radius 1 is 1.21 bits per heavy atom. The summed E-state index contributed by atoms with van der Waals surface area (Å²) >= 11 is 0. The fourth-order valence-electron chi connectivity index (χ4n) is 2.18. The third-order valence-electron chi connectivity index (χ3n) is 3.27. The molecule has 0 unspecified atom stereocenters. The Bertz CT molecular complexity index is 311. The van der Waals surface area contributed by atoms with Gasteiger partial charge in [0.1, 0.15) is 0 Å². The van der Waals surface area contributed by atoms with Gasteiger partial charge in [0.15, 0.2) is 0 Å². The highest BCUT2D eigenvalue weighted by molar-refractivity contribution is 5.31. The minimum Gasteiger partial charge on any atom is -0.300 e. The molecule has 1 fully saturated rings. The van der Waals surface area contributed by atoms with Gasteiger partial charge in [-0.05, 0) is 31.9 Å². The summed E-state index contributed by atoms with van der Waals surface area (Å²) in [5.41, 5.74) is 2.99. The summed E-state index contributed by atoms with van der Waals surface area (Å²) in [5.74, 6) is 0.776. The monoisotopic (exact) mass is 189 g/mol. The Hall–Kier alpha value is -0.820. The average molecular weight is 189 g/mol. The van der Waals surface area contributed by atoms with E-state index in [2.05, 4.69) is 49.9 Å². The second-order valence-electron chi connectivity index (χ2n) is 4.60. The topological polar surface area (TPSA) is 3.24 Å². The van der Waals surface area contributed by atoms with Gasteiger partial charge in [0.05, 0.1) is 0 Å². The lowest BCUT2D eigenvalue weighted by molar-refractivity contribution is 0.109. The molecule has 1 aromatic carbocycles. The van der Waals surface area contributed by atoms with E-state index in [0.29, 0.717) is 6.04 Å². The zero-order valence-corrected chi connectivity index (χ0v) is 9.33. The largest absolute Gasteiger partial charge is 0.300 e. The van der Waals surface area contributed by atoms with Crippen LogP contribution in [0.2, 0.25) is 0 Å². The average Bonchev–Trinajstić information content (AvgIpc) is 2.05. The van der Waals surface area contributed by atoms with Crippen LogP contribution >= 0.6 is 0 Å². The summed E-state index contributed by atoms with van der Waals surface area (Å²) in [5, 5.41) is 0. The summed E-state index contributed by atoms with van der Waals surface area (Å²) in [6, 6.07) is 9.47. The maximum atomic E-state index is 2.52. The van der Waals surface area contributed by atoms with E-state index < -0.39 is 0 Å². The SMILES string of the molecule is Cc1ccccc1C1CN(C(C)C)C1. The molecular formula is C13H19N. The van der Waals surface area contributed by atoms with E-state index in [1.54, 1.807) is 5.56 Å². The molecule has 1 saturated heterocycles. The minimum absolute atomic E-state index is 0.704. The van der Waals surface area contributed by atoms with E-state index in [4.69, 9.17) is 0 Å². The van der Waals surface area contributed by atoms with Gasteiger partial charge in [-0.3, -0.25) is 4.90 Å². The predicted octanol–water partition coefficient (Wildman–Crippen LogP) is 2.80. The van der Waals surface area contributed by atoms with Crippen LogP contribution in [0.25, 0.3) is 0 Å². The third-order valence-corrected chi connectivity index (χ3v) is 3.27. The molecule has 1 heteroatoms. The molecule has 1 aliphatic rings. The second-order valence-corrected chi connectivity index (χ2v) is 4.60. The van der Waals surface area contributed by atoms with Gasteiger partial charge in [-0.1, -0.05) is 24.3 Å². The predicted molar refractivity (Wildman–Crippen MR) is 60.6 cm³/mol. The van der Waals surface area contributed by atoms with Crippen LogP contribution in [0.15, 0.2) is 24.3 Å². The lowest BCUT2D eigenvalue weighted by atomic mass is 9.88. The number of nitrogens with zero attached hydrogens (tertiary/aromatic N) is 1. The molecule has 0 bridgehead atoms. The van der Waals surface area contributed by atoms with Crippen molar-refractivity contribution in [3.63, 3.8) is 0 Å². The summed E-state index contributed by atoms with van der Waals surface area (Å²) in [6.07, 6.45) is 0. The maximum Gasteiger partial charge on any atom is 0.00964 e. The Balaban J connectivity index is 2.03. The molecule has 76 valence electrons. The van der Waals surface area contributed by atoms with Gasteiger partial charge in [-0.15, -0.1) is 0 Å². The van der Waals surface area contributed by atoms with Crippen LogP contribution in [0.3, 0.4) is 0 Å². The van der Waals surface area contributed by atoms with Crippen molar-refractivity contribution in [2.24, 2.45) is 0 Å². The van der Waals surface area contributed by atoms with Crippen LogP contribution in [-0.2, 0) is 0 Å². The standard InChI is InChI=1S/C13H19N/c1-10(2)14-8-12(9-14)13-7-5-4-6-11(13)3/h4-7,10,12H,8-9H2,1-3H3. The van der Waals surface area contributed by atoms with Crippen molar-refractivity contribution in [2.75, 3.05) is 13.1 Å². The lowest BCUT2D eigenvalue weighted by Gasteiger charge is -2.42. The zero-order chi connectivity index (χ0) is 10.1. The molecule has 1 heterocycles. The van der Waals surface area contributed by atoms with Gasteiger partial charge < -0.3 is 0 Å². The summed E-state index contributed by atoms with van der Waals surface area (Å²) in [6.45, 7) is 9.24. The molecule has 0 spiro atoms. The van der Waals surface area contributed by atoms with Gasteiger partial charge >= 0.3 is 0 Å². The van der Waals surface area contributed by atoms with E-state index in [9.17, 15) is 0 Å². The highest BCUT2D eigenvalue weighted by Crippen LogP contribution is 2.30. The van der Waals surface area contributed by atoms with Gasteiger partial charge in [0, 0.05) is 25.0 Å². The van der Waals surface area contributed by atoms with Crippen LogP contribution in [0.4, 0.5) is 0 Å². The smallest absolute Gasteiger partial charge is 0.00964 e. The quantitative estimate of drug-likeness (QED) is 0.691. The molecular weight excluding hydrogens is 170 g/mol. The van der Waals surface area contributed by atoms with E-state index in [1.165, 1.54) is 18.7 Å². The summed E-state index contributed by atoms with van der Waals surface area (Å²) in [7, 11) is 0. The molecule has 0 radical (unpaired) electrons. The lowest BCUT2D eigenvalue weighted by Crippen LogP contribution is -2.48. The molecule has 0 saturated carbocycles. The minimum atomic E-state index is 0.704. The Morgan fingerprint density at radius 2 is 1.86 bits per heavy atom. The molecule has 0 amide bonds. The van der Waals surface area contributed by atoms with Gasteiger partial charge in [0.25, 0.3) is 0 Å². The van der Waals surface area contributed by atoms with Crippen LogP contribution in [0.5, 0.6) is 0 Å². The summed E-state index contributed by atoms with van der Waals surface area (Å²) in [4.78, 5) is 2.52. The van der Waals surface area contributed by atoms with Crippen molar-refractivity contribution < 1.29 is 0 Å². The van der Waals surface area contributed by atoms with Crippen molar-refractivity contribution >= 4 is 0 Å². The van der Waals surface area contributed by atoms with Gasteiger partial charge in [0.2, 0.25) is 0 Å². The van der Waals surface area contributed by atoms with E-state index in [1.807, 2.05) is 0 Å². The van der Waals surface area contributed by atoms with E-state index >= 15 is 0 Å². The highest BCUT2D eigenvalue weighted by Gasteiger charge is 2.29. The Kier molecular flexibility index (Phi) is 2.60. The fourth-order valence-corrected chi connectivity index (χ4v) is 2.18. The fraction of sp³-hybridized carbons (Fsp3) is 0.538. The van der Waals surface area contributed by atoms with Crippen LogP contribution in [0.1, 0.15) is 30.9 Å². The van der Waals surface area contributed by atoms with E-state index in [-0.39, 0.29) is 0 Å². The number of benzene rings is 1. The number of hydrogen-bond donors (Lipinski definition) is 0. The number of rotatable bonds is 2. The highest BCUT2D eigenvalue weighted by atomic mass is 15.2. The van der Waals surface area contributed by atoms with Crippen LogP contribution in [0, 0.1) is 6.92 Å². The van der Waals surface area contributed by atoms with Crippen LogP contribution in [-0.4, -0.2) is 24.0 Å². The zero-order valence-electron chi connectivity index (χ0n) is 9.33. The van der Waals surface area contributed by atoms with Crippen molar-refractivity contribution in [3.05, 3.63) is 35.4 Å².